The van der Waals surface area contributed by atoms with Crippen LogP contribution in [0.15, 0.2) is 199 Å². The van der Waals surface area contributed by atoms with Crippen molar-refractivity contribution in [1.82, 2.24) is 0 Å². The first kappa shape index (κ1) is 112. The molecule has 8 aromatic rings. The van der Waals surface area contributed by atoms with Crippen LogP contribution in [0, 0.1) is 0 Å². The summed E-state index contributed by atoms with van der Waals surface area (Å²) in [7, 11) is -3.05. The molecule has 0 bridgehead atoms. The molecule has 0 saturated heterocycles. The monoisotopic (exact) mass is 1710 g/mol. The number of hydrogen-bond donors (Lipinski definition) is 0. The number of aryl methyl sites for hydroxylation is 1. The molecule has 8 rings (SSSR count). The van der Waals surface area contributed by atoms with Gasteiger partial charge < -0.3 is 28.4 Å². The zero-order chi connectivity index (χ0) is 94.5. The molecule has 0 spiro atoms. The van der Waals surface area contributed by atoms with Gasteiger partial charge in [0, 0.05) is 6.26 Å². The molecule has 0 radical (unpaired) electrons. The molecule has 0 N–H and O–H groups in total. The van der Waals surface area contributed by atoms with E-state index in [0.717, 1.165) is 39.8 Å². The van der Waals surface area contributed by atoms with Crippen LogP contribution in [0.1, 0.15) is 388 Å². The van der Waals surface area contributed by atoms with Crippen molar-refractivity contribution in [2.75, 3.05) is 6.26 Å². The van der Waals surface area contributed by atoms with Crippen LogP contribution in [0.25, 0.3) is 0 Å². The Kier molecular flexibility index (Phi) is 46.9. The second-order valence-corrected chi connectivity index (χ2v) is 41.5. The Bertz CT molecular complexity index is 4610. The molecule has 123 heavy (non-hydrogen) atoms. The summed E-state index contributed by atoms with van der Waals surface area (Å²) < 4.78 is 54.1. The van der Waals surface area contributed by atoms with Gasteiger partial charge in [0.25, 0.3) is 0 Å². The Morgan fingerprint density at radius 1 is 0.276 bits per heavy atom. The van der Waals surface area contributed by atoms with Gasteiger partial charge in [-0.15, -0.1) is 0 Å². The Labute approximate surface area is 744 Å². The van der Waals surface area contributed by atoms with Crippen molar-refractivity contribution < 1.29 is 65.6 Å². The SMILES string of the molecule is CC(C)c1ccc(C(=O)OC(C)(C)C)cc1.CC(C)c1ccc(CC(=O)OC(C)(C)C)cc1.CC(C)c1ccc(S(C)(=O)=O)cc1.CC(C)c1cccc(C(=O)OC(C)(C)C)c1.CC(C)c1cccc(CC(=O)OC(C)(C)C)c1.CC(C)c1ccccc1C(=O)OC(C)(C)C.CC(C)c1ccccc1CC(=O)OC(C)(C)C.CCc1ccccc1C(C)C. The van der Waals surface area contributed by atoms with E-state index in [1.54, 1.807) is 18.2 Å². The van der Waals surface area contributed by atoms with Crippen molar-refractivity contribution in [2.45, 2.75) is 354 Å². The third-order valence-electron chi connectivity index (χ3n) is 17.9. The third kappa shape index (κ3) is 49.0. The minimum Gasteiger partial charge on any atom is -0.460 e. The van der Waals surface area contributed by atoms with Crippen LogP contribution in [0.2, 0.25) is 0 Å². The maximum absolute atomic E-state index is 12.0. The van der Waals surface area contributed by atoms with Gasteiger partial charge in [-0.1, -0.05) is 269 Å². The number of sulfone groups is 1. The zero-order valence-corrected chi connectivity index (χ0v) is 82.9. The van der Waals surface area contributed by atoms with Crippen LogP contribution in [0.3, 0.4) is 0 Å². The lowest BCUT2D eigenvalue weighted by Gasteiger charge is -2.21. The largest absolute Gasteiger partial charge is 0.460 e. The molecule has 0 aliphatic heterocycles. The second-order valence-electron chi connectivity index (χ2n) is 39.4. The number of benzene rings is 8. The van der Waals surface area contributed by atoms with Crippen molar-refractivity contribution in [3.05, 3.63) is 278 Å². The molecule has 0 aromatic heterocycles. The van der Waals surface area contributed by atoms with E-state index in [0.29, 0.717) is 88.2 Å². The summed E-state index contributed by atoms with van der Waals surface area (Å²) in [6.45, 7) is 70.2. The summed E-state index contributed by atoms with van der Waals surface area (Å²) >= 11 is 0. The van der Waals surface area contributed by atoms with Crippen molar-refractivity contribution in [3.63, 3.8) is 0 Å². The fraction of sp³-hybridized carbons (Fsp3) is 0.500. The van der Waals surface area contributed by atoms with E-state index in [1.807, 2.05) is 246 Å². The van der Waals surface area contributed by atoms with Gasteiger partial charge in [0.05, 0.1) is 40.8 Å². The first-order valence-corrected chi connectivity index (χ1v) is 45.6. The standard InChI is InChI=1S/3C15H22O2.3C14H20O2.C11H16.C10H14O2S/c1-11(2)13-8-6-12(7-9-13)10-14(16)17-15(3,4)5;1-11(2)13-8-6-7-12(9-13)10-14(16)17-15(3,4)5;1-11(2)13-9-7-6-8-12(13)10-14(16)17-15(3,4)5;1-10(2)11-6-8-12(9-7-11)13(15)16-14(3,4)5;1-10(2)11-7-6-8-12(9-11)13(15)16-14(3,4)5;1-10(2)11-8-6-7-9-12(11)13(15)16-14(3,4)5;1-4-10-7-5-6-8-11(10)9(2)3;1-8(2)9-4-6-10(7-5-9)13(3,11)12/h3*6-9,11H,10H2,1-5H3;3*6-10H,1-5H3;5-9H,4H2,1-3H3;4-8H,1-3H3. The summed E-state index contributed by atoms with van der Waals surface area (Å²) in [6, 6.07) is 62.9. The maximum Gasteiger partial charge on any atom is 0.338 e. The van der Waals surface area contributed by atoms with Crippen LogP contribution in [0.4, 0.5) is 0 Å². The Hall–Kier alpha value is -9.47. The van der Waals surface area contributed by atoms with Gasteiger partial charge in [0.2, 0.25) is 0 Å². The van der Waals surface area contributed by atoms with E-state index in [9.17, 15) is 37.2 Å². The Morgan fingerprint density at radius 3 is 0.951 bits per heavy atom. The average molecular weight is 1710 g/mol. The fourth-order valence-electron chi connectivity index (χ4n) is 11.7. The minimum absolute atomic E-state index is 0.161. The van der Waals surface area contributed by atoms with E-state index < -0.39 is 43.4 Å². The molecular weight excluding hydrogens is 1550 g/mol. The predicted octanol–water partition coefficient (Wildman–Crippen LogP) is 28.0. The average Bonchev–Trinajstić information content (AvgIpc) is 0.865. The number of hydrogen-bond acceptors (Lipinski definition) is 14. The highest BCUT2D eigenvalue weighted by molar-refractivity contribution is 7.90. The second kappa shape index (κ2) is 51.7. The van der Waals surface area contributed by atoms with E-state index in [-0.39, 0.29) is 35.8 Å². The normalized spacial score (nSPS) is 11.6. The number of esters is 6. The van der Waals surface area contributed by atoms with Crippen molar-refractivity contribution in [3.8, 4) is 0 Å². The van der Waals surface area contributed by atoms with E-state index in [4.69, 9.17) is 28.4 Å². The predicted molar refractivity (Wildman–Crippen MR) is 511 cm³/mol. The van der Waals surface area contributed by atoms with Crippen molar-refractivity contribution in [1.29, 1.82) is 0 Å². The van der Waals surface area contributed by atoms with Crippen LogP contribution in [-0.4, -0.2) is 84.1 Å². The number of rotatable bonds is 19. The number of carbonyl (C=O) groups is 6. The van der Waals surface area contributed by atoms with E-state index in [2.05, 4.69) is 172 Å². The third-order valence-corrected chi connectivity index (χ3v) is 19.0. The first-order chi connectivity index (χ1) is 56.4. The first-order valence-electron chi connectivity index (χ1n) is 43.7. The fourth-order valence-corrected chi connectivity index (χ4v) is 12.3. The van der Waals surface area contributed by atoms with Crippen LogP contribution in [-0.2, 0) is 78.3 Å². The van der Waals surface area contributed by atoms with Gasteiger partial charge in [0.15, 0.2) is 9.84 Å². The molecule has 0 aliphatic rings. The highest BCUT2D eigenvalue weighted by Crippen LogP contribution is 2.27. The smallest absolute Gasteiger partial charge is 0.338 e. The summed E-state index contributed by atoms with van der Waals surface area (Å²) in [6.07, 6.45) is 3.41. The summed E-state index contributed by atoms with van der Waals surface area (Å²) in [4.78, 5) is 71.0. The van der Waals surface area contributed by atoms with Crippen LogP contribution >= 0.6 is 0 Å². The van der Waals surface area contributed by atoms with Crippen molar-refractivity contribution in [2.24, 2.45) is 0 Å². The topological polar surface area (TPSA) is 192 Å². The quantitative estimate of drug-likeness (QED) is 0.0548. The van der Waals surface area contributed by atoms with Gasteiger partial charge in [0.1, 0.15) is 33.6 Å². The molecular formula is C108H156O14S. The summed E-state index contributed by atoms with van der Waals surface area (Å²) in [5, 5.41) is 0. The van der Waals surface area contributed by atoms with E-state index >= 15 is 0 Å². The zero-order valence-electron chi connectivity index (χ0n) is 82.0. The van der Waals surface area contributed by atoms with Gasteiger partial charge in [-0.05, 0) is 288 Å². The van der Waals surface area contributed by atoms with Gasteiger partial charge in [-0.25, -0.2) is 22.8 Å². The van der Waals surface area contributed by atoms with Gasteiger partial charge in [-0.3, -0.25) is 14.4 Å². The molecule has 8 aromatic carbocycles. The lowest BCUT2D eigenvalue weighted by Crippen LogP contribution is -2.25. The Morgan fingerprint density at radius 2 is 0.585 bits per heavy atom. The molecule has 0 atom stereocenters. The maximum atomic E-state index is 12.0. The molecule has 15 heteroatoms. The molecule has 678 valence electrons. The number of ether oxygens (including phenoxy) is 6. The highest BCUT2D eigenvalue weighted by Gasteiger charge is 2.25. The molecule has 0 saturated carbocycles. The number of carbonyl (C=O) groups excluding carboxylic acids is 6. The summed E-state index contributed by atoms with van der Waals surface area (Å²) in [5.41, 5.74) is 13.8. The molecule has 0 amide bonds. The van der Waals surface area contributed by atoms with Gasteiger partial charge in [-0.2, -0.15) is 0 Å². The van der Waals surface area contributed by atoms with E-state index in [1.165, 1.54) is 39.6 Å². The molecule has 0 aliphatic carbocycles. The minimum atomic E-state index is -3.05. The molecule has 14 nitrogen and oxygen atoms in total. The lowest BCUT2D eigenvalue weighted by molar-refractivity contribution is -0.155. The highest BCUT2D eigenvalue weighted by atomic mass is 32.2. The molecule has 0 unspecified atom stereocenters. The van der Waals surface area contributed by atoms with Crippen molar-refractivity contribution >= 4 is 45.7 Å². The van der Waals surface area contributed by atoms with Gasteiger partial charge >= 0.3 is 35.8 Å². The molecule has 0 fully saturated rings. The van der Waals surface area contributed by atoms with Crippen LogP contribution < -0.4 is 0 Å². The summed E-state index contributed by atoms with van der Waals surface area (Å²) in [5.74, 6) is 2.49. The molecule has 0 heterocycles. The lowest BCUT2D eigenvalue weighted by atomic mass is 9.95. The Balaban J connectivity index is 0.000000705. The van der Waals surface area contributed by atoms with Crippen LogP contribution in [0.5, 0.6) is 0 Å².